The van der Waals surface area contributed by atoms with Crippen molar-refractivity contribution in [3.8, 4) is 0 Å². The van der Waals surface area contributed by atoms with Gasteiger partial charge in [-0.1, -0.05) is 104 Å². The summed E-state index contributed by atoms with van der Waals surface area (Å²) in [5.41, 5.74) is 1.19. The van der Waals surface area contributed by atoms with Crippen molar-refractivity contribution >= 4 is 0 Å². The van der Waals surface area contributed by atoms with Crippen molar-refractivity contribution in [1.82, 2.24) is 9.88 Å². The lowest BCUT2D eigenvalue weighted by Gasteiger charge is -2.37. The highest BCUT2D eigenvalue weighted by Crippen LogP contribution is 2.36. The van der Waals surface area contributed by atoms with Gasteiger partial charge in [-0.3, -0.25) is 4.90 Å². The van der Waals surface area contributed by atoms with E-state index in [9.17, 15) is 5.11 Å². The Kier molecular flexibility index (Phi) is 7.61. The molecule has 1 fully saturated rings. The maximum atomic E-state index is 11.9. The zero-order chi connectivity index (χ0) is 24.8. The van der Waals surface area contributed by atoms with E-state index >= 15 is 0 Å². The second-order valence-corrected chi connectivity index (χ2v) is 9.60. The van der Waals surface area contributed by atoms with Crippen LogP contribution in [0.1, 0.15) is 48.1 Å². The van der Waals surface area contributed by atoms with Crippen molar-refractivity contribution in [2.24, 2.45) is 5.92 Å². The smallest absolute Gasteiger partial charge is 0.236 e. The molecular weight excluding hydrogens is 448 g/mol. The fourth-order valence-electron chi connectivity index (χ4n) is 5.15. The highest BCUT2D eigenvalue weighted by Gasteiger charge is 2.39. The summed E-state index contributed by atoms with van der Waals surface area (Å²) in [7, 11) is 0. The molecule has 2 heterocycles. The van der Waals surface area contributed by atoms with Gasteiger partial charge in [0.25, 0.3) is 0 Å². The first-order chi connectivity index (χ1) is 17.7. The summed E-state index contributed by atoms with van der Waals surface area (Å²) >= 11 is 0. The molecule has 1 aromatic heterocycles. The largest absolute Gasteiger partial charge is 0.441 e. The van der Waals surface area contributed by atoms with Crippen LogP contribution in [0.5, 0.6) is 0 Å². The molecule has 36 heavy (non-hydrogen) atoms. The van der Waals surface area contributed by atoms with Gasteiger partial charge in [-0.2, -0.15) is 0 Å². The van der Waals surface area contributed by atoms with Crippen molar-refractivity contribution in [3.63, 3.8) is 0 Å². The zero-order valence-electron chi connectivity index (χ0n) is 20.8. The fraction of sp³-hybridized carbons (Fsp3) is 0.323. The predicted molar refractivity (Wildman–Crippen MR) is 140 cm³/mol. The first-order valence-electron chi connectivity index (χ1n) is 12.8. The Morgan fingerprint density at radius 3 is 2.17 bits per heavy atom. The SMILES string of the molecule is CCC1CCN(Cc2cnc(C(O)(c3ccccc3)c3ccccc3)o2)CC1OCc1ccccc1. The van der Waals surface area contributed by atoms with E-state index in [0.717, 1.165) is 42.8 Å². The Bertz CT molecular complexity index is 1170. The molecule has 1 N–H and O–H groups in total. The summed E-state index contributed by atoms with van der Waals surface area (Å²) in [6.45, 7) is 5.35. The van der Waals surface area contributed by atoms with Crippen LogP contribution < -0.4 is 0 Å². The Labute approximate surface area is 213 Å². The first-order valence-corrected chi connectivity index (χ1v) is 12.8. The summed E-state index contributed by atoms with van der Waals surface area (Å²) < 4.78 is 12.6. The van der Waals surface area contributed by atoms with E-state index in [1.54, 1.807) is 6.20 Å². The van der Waals surface area contributed by atoms with Crippen LogP contribution in [0.3, 0.4) is 0 Å². The van der Waals surface area contributed by atoms with Crippen molar-refractivity contribution in [2.75, 3.05) is 13.1 Å². The molecule has 0 saturated carbocycles. The van der Waals surface area contributed by atoms with Crippen molar-refractivity contribution in [1.29, 1.82) is 0 Å². The Morgan fingerprint density at radius 2 is 1.56 bits per heavy atom. The molecule has 2 atom stereocenters. The Hall–Kier alpha value is -3.25. The van der Waals surface area contributed by atoms with Crippen LogP contribution in [0.2, 0.25) is 0 Å². The number of benzene rings is 3. The lowest BCUT2D eigenvalue weighted by Crippen LogP contribution is -2.44. The quantitative estimate of drug-likeness (QED) is 0.328. The fourth-order valence-corrected chi connectivity index (χ4v) is 5.15. The van der Waals surface area contributed by atoms with E-state index in [4.69, 9.17) is 9.15 Å². The normalized spacial score (nSPS) is 18.8. The number of nitrogens with zero attached hydrogens (tertiary/aromatic N) is 2. The van der Waals surface area contributed by atoms with Crippen LogP contribution >= 0.6 is 0 Å². The van der Waals surface area contributed by atoms with Gasteiger partial charge in [-0.25, -0.2) is 4.98 Å². The summed E-state index contributed by atoms with van der Waals surface area (Å²) in [6.07, 6.45) is 4.13. The minimum atomic E-state index is -1.46. The van der Waals surface area contributed by atoms with E-state index in [1.807, 2.05) is 66.7 Å². The number of ether oxygens (including phenoxy) is 1. The van der Waals surface area contributed by atoms with E-state index < -0.39 is 5.60 Å². The number of likely N-dealkylation sites (tertiary alicyclic amines) is 1. The third-order valence-electron chi connectivity index (χ3n) is 7.24. The van der Waals surface area contributed by atoms with Crippen molar-refractivity contribution in [3.05, 3.63) is 126 Å². The average molecular weight is 483 g/mol. The number of rotatable bonds is 9. The molecule has 5 nitrogen and oxygen atoms in total. The summed E-state index contributed by atoms with van der Waals surface area (Å²) in [4.78, 5) is 6.93. The van der Waals surface area contributed by atoms with Crippen LogP contribution in [-0.4, -0.2) is 34.2 Å². The van der Waals surface area contributed by atoms with Crippen LogP contribution in [0.4, 0.5) is 0 Å². The molecule has 0 spiro atoms. The molecule has 1 aliphatic heterocycles. The van der Waals surface area contributed by atoms with Crippen LogP contribution in [-0.2, 0) is 23.5 Å². The molecule has 186 valence electrons. The molecule has 4 aromatic rings. The Morgan fingerprint density at radius 1 is 0.944 bits per heavy atom. The van der Waals surface area contributed by atoms with Gasteiger partial charge in [-0.05, 0) is 35.6 Å². The molecule has 1 saturated heterocycles. The van der Waals surface area contributed by atoms with Gasteiger partial charge in [0.15, 0.2) is 5.60 Å². The Balaban J connectivity index is 1.32. The van der Waals surface area contributed by atoms with Gasteiger partial charge >= 0.3 is 0 Å². The molecular formula is C31H34N2O3. The number of piperidine rings is 1. The van der Waals surface area contributed by atoms with Crippen molar-refractivity contribution in [2.45, 2.75) is 44.6 Å². The second kappa shape index (κ2) is 11.2. The van der Waals surface area contributed by atoms with Crippen LogP contribution in [0.15, 0.2) is 102 Å². The maximum absolute atomic E-state index is 11.9. The maximum Gasteiger partial charge on any atom is 0.236 e. The van der Waals surface area contributed by atoms with Gasteiger partial charge < -0.3 is 14.3 Å². The predicted octanol–water partition coefficient (Wildman–Crippen LogP) is 5.78. The molecule has 5 rings (SSSR count). The molecule has 0 radical (unpaired) electrons. The van der Waals surface area contributed by atoms with E-state index in [2.05, 4.69) is 41.1 Å². The highest BCUT2D eigenvalue weighted by atomic mass is 16.5. The summed E-state index contributed by atoms with van der Waals surface area (Å²) in [5.74, 6) is 1.58. The zero-order valence-corrected chi connectivity index (χ0v) is 20.8. The number of hydrogen-bond donors (Lipinski definition) is 1. The molecule has 5 heteroatoms. The standard InChI is InChI=1S/C31H34N2O3/c1-2-25-18-19-33(22-29(25)35-23-24-12-6-3-7-13-24)21-28-20-32-30(36-28)31(34,26-14-8-4-9-15-26)27-16-10-5-11-17-27/h3-17,20,25,29,34H,2,18-19,21-23H2,1H3. The molecule has 0 amide bonds. The van der Waals surface area contributed by atoms with Gasteiger partial charge in [0.2, 0.25) is 5.89 Å². The van der Waals surface area contributed by atoms with Gasteiger partial charge in [0, 0.05) is 6.54 Å². The molecule has 0 bridgehead atoms. The third kappa shape index (κ3) is 5.29. The lowest BCUT2D eigenvalue weighted by molar-refractivity contribution is -0.0506. The molecule has 2 unspecified atom stereocenters. The van der Waals surface area contributed by atoms with Gasteiger partial charge in [0.1, 0.15) is 5.76 Å². The molecule has 1 aliphatic rings. The molecule has 3 aromatic carbocycles. The topological polar surface area (TPSA) is 58.7 Å². The second-order valence-electron chi connectivity index (χ2n) is 9.60. The number of hydrogen-bond acceptors (Lipinski definition) is 5. The highest BCUT2D eigenvalue weighted by molar-refractivity contribution is 5.41. The third-order valence-corrected chi connectivity index (χ3v) is 7.24. The van der Waals surface area contributed by atoms with E-state index in [-0.39, 0.29) is 12.0 Å². The van der Waals surface area contributed by atoms with Crippen LogP contribution in [0, 0.1) is 5.92 Å². The summed E-state index contributed by atoms with van der Waals surface area (Å²) in [6, 6.07) is 29.5. The van der Waals surface area contributed by atoms with Crippen LogP contribution in [0.25, 0.3) is 0 Å². The number of aliphatic hydroxyl groups is 1. The monoisotopic (exact) mass is 482 g/mol. The van der Waals surface area contributed by atoms with Crippen molar-refractivity contribution < 1.29 is 14.3 Å². The minimum Gasteiger partial charge on any atom is -0.441 e. The number of oxazole rings is 1. The van der Waals surface area contributed by atoms with Gasteiger partial charge in [0.05, 0.1) is 25.5 Å². The number of aromatic nitrogens is 1. The average Bonchev–Trinajstić information content (AvgIpc) is 3.42. The molecule has 0 aliphatic carbocycles. The minimum absolute atomic E-state index is 0.178. The van der Waals surface area contributed by atoms with E-state index in [1.165, 1.54) is 5.56 Å². The van der Waals surface area contributed by atoms with Gasteiger partial charge in [-0.15, -0.1) is 0 Å². The summed E-state index contributed by atoms with van der Waals surface area (Å²) in [5, 5.41) is 11.9. The first kappa shape index (κ1) is 24.4. The lowest BCUT2D eigenvalue weighted by atomic mass is 9.86. The van der Waals surface area contributed by atoms with E-state index in [0.29, 0.717) is 19.1 Å².